The molecule has 4 aromatic rings. The number of para-hydroxylation sites is 2. The van der Waals surface area contributed by atoms with E-state index in [-0.39, 0.29) is 6.04 Å². The van der Waals surface area contributed by atoms with Gasteiger partial charge in [0.1, 0.15) is 17.2 Å². The molecule has 164 valence electrons. The number of nitrogens with zero attached hydrogens (tertiary/aromatic N) is 1. The molecule has 0 amide bonds. The van der Waals surface area contributed by atoms with Gasteiger partial charge in [-0.25, -0.2) is 0 Å². The molecule has 2 aromatic carbocycles. The van der Waals surface area contributed by atoms with Crippen molar-refractivity contribution in [2.45, 2.75) is 19.9 Å². The molecule has 1 aliphatic heterocycles. The van der Waals surface area contributed by atoms with E-state index in [1.807, 2.05) is 31.2 Å². The Bertz CT molecular complexity index is 1490. The molecule has 1 aliphatic rings. The van der Waals surface area contributed by atoms with Crippen LogP contribution in [0.25, 0.3) is 45.9 Å². The molecule has 0 saturated heterocycles. The third kappa shape index (κ3) is 3.31. The van der Waals surface area contributed by atoms with Gasteiger partial charge in [0.25, 0.3) is 0 Å². The lowest BCUT2D eigenvalue weighted by atomic mass is 10.0. The smallest absolute Gasteiger partial charge is 0.141 e. The fourth-order valence-electron chi connectivity index (χ4n) is 4.71. The van der Waals surface area contributed by atoms with E-state index in [2.05, 4.69) is 84.1 Å². The molecular weight excluding hydrogens is 406 g/mol. The Morgan fingerprint density at radius 2 is 1.91 bits per heavy atom. The molecule has 0 radical (unpaired) electrons. The number of aryl methyl sites for hydroxylation is 1. The fourth-order valence-corrected chi connectivity index (χ4v) is 4.71. The van der Waals surface area contributed by atoms with Crippen LogP contribution in [-0.2, 0) is 0 Å². The number of hydrogen-bond acceptors (Lipinski definition) is 3. The van der Waals surface area contributed by atoms with Crippen LogP contribution in [0.5, 0.6) is 0 Å². The van der Waals surface area contributed by atoms with Crippen LogP contribution < -0.4 is 11.1 Å². The molecular formula is C29H27N3O. The van der Waals surface area contributed by atoms with Crippen molar-refractivity contribution < 1.29 is 4.42 Å². The number of aromatic nitrogens is 1. The normalized spacial score (nSPS) is 16.2. The SMILES string of the molecule is C=Cc1c(/C=C\C)oc2c(C3C=CC=C(n4c(/C=C\N)c(C)c5ccccc54)N3)cccc12. The summed E-state index contributed by atoms with van der Waals surface area (Å²) in [6.07, 6.45) is 15.7. The van der Waals surface area contributed by atoms with Crippen LogP contribution in [0.2, 0.25) is 0 Å². The van der Waals surface area contributed by atoms with Crippen molar-refractivity contribution in [1.82, 2.24) is 9.88 Å². The molecule has 0 saturated carbocycles. The monoisotopic (exact) mass is 433 g/mol. The summed E-state index contributed by atoms with van der Waals surface area (Å²) in [5.74, 6) is 1.81. The van der Waals surface area contributed by atoms with Gasteiger partial charge < -0.3 is 15.5 Å². The third-order valence-corrected chi connectivity index (χ3v) is 6.20. The Morgan fingerprint density at radius 1 is 1.09 bits per heavy atom. The number of benzene rings is 2. The van der Waals surface area contributed by atoms with Crippen LogP contribution in [0.3, 0.4) is 0 Å². The zero-order chi connectivity index (χ0) is 22.9. The second-order valence-corrected chi connectivity index (χ2v) is 8.09. The van der Waals surface area contributed by atoms with E-state index in [0.29, 0.717) is 0 Å². The average molecular weight is 434 g/mol. The van der Waals surface area contributed by atoms with Crippen molar-refractivity contribution in [2.75, 3.05) is 0 Å². The first kappa shape index (κ1) is 20.7. The van der Waals surface area contributed by atoms with Crippen LogP contribution in [-0.4, -0.2) is 4.57 Å². The van der Waals surface area contributed by atoms with Crippen molar-refractivity contribution >= 4 is 45.9 Å². The highest BCUT2D eigenvalue weighted by Gasteiger charge is 2.22. The highest BCUT2D eigenvalue weighted by Crippen LogP contribution is 2.36. The minimum atomic E-state index is -0.0489. The highest BCUT2D eigenvalue weighted by molar-refractivity contribution is 5.94. The van der Waals surface area contributed by atoms with E-state index < -0.39 is 0 Å². The summed E-state index contributed by atoms with van der Waals surface area (Å²) in [4.78, 5) is 0. The lowest BCUT2D eigenvalue weighted by Gasteiger charge is -2.24. The fraction of sp³-hybridized carbons (Fsp3) is 0.103. The minimum absolute atomic E-state index is 0.0489. The standard InChI is InChI=1S/C29H27N3O/c1-4-10-27-20(5-2)22-12-8-13-23(29(22)33-27)24-14-9-16-28(31-24)32-25(17-18-30)19(3)21-11-6-7-15-26(21)32/h4-18,24,31H,2,30H2,1,3H3/b10-4-,18-17-. The first-order chi connectivity index (χ1) is 16.2. The van der Waals surface area contributed by atoms with Crippen molar-refractivity contribution in [3.63, 3.8) is 0 Å². The summed E-state index contributed by atoms with van der Waals surface area (Å²) in [7, 11) is 0. The molecule has 0 spiro atoms. The zero-order valence-electron chi connectivity index (χ0n) is 18.9. The van der Waals surface area contributed by atoms with Crippen molar-refractivity contribution in [3.8, 4) is 0 Å². The number of rotatable bonds is 5. The van der Waals surface area contributed by atoms with Crippen LogP contribution in [0, 0.1) is 6.92 Å². The second-order valence-electron chi connectivity index (χ2n) is 8.09. The number of furan rings is 1. The third-order valence-electron chi connectivity index (χ3n) is 6.20. The molecule has 1 atom stereocenters. The van der Waals surface area contributed by atoms with Gasteiger partial charge in [0, 0.05) is 21.9 Å². The average Bonchev–Trinajstić information content (AvgIpc) is 3.34. The maximum Gasteiger partial charge on any atom is 0.141 e. The predicted molar refractivity (Wildman–Crippen MR) is 140 cm³/mol. The molecule has 0 fully saturated rings. The molecule has 2 aromatic heterocycles. The Balaban J connectivity index is 1.63. The van der Waals surface area contributed by atoms with E-state index in [1.165, 1.54) is 10.9 Å². The molecule has 3 N–H and O–H groups in total. The Labute approximate surface area is 193 Å². The molecule has 0 bridgehead atoms. The Kier molecular flexibility index (Phi) is 5.27. The number of fused-ring (bicyclic) bond motifs is 2. The van der Waals surface area contributed by atoms with Gasteiger partial charge >= 0.3 is 0 Å². The van der Waals surface area contributed by atoms with Gasteiger partial charge in [-0.2, -0.15) is 0 Å². The topological polar surface area (TPSA) is 56.1 Å². The van der Waals surface area contributed by atoms with Gasteiger partial charge in [-0.15, -0.1) is 0 Å². The molecule has 4 heteroatoms. The summed E-state index contributed by atoms with van der Waals surface area (Å²) in [6.45, 7) is 8.12. The van der Waals surface area contributed by atoms with Crippen LogP contribution in [0.1, 0.15) is 41.1 Å². The van der Waals surface area contributed by atoms with Crippen molar-refractivity contribution in [3.05, 3.63) is 108 Å². The number of nitrogens with two attached hydrogens (primary N) is 1. The van der Waals surface area contributed by atoms with Gasteiger partial charge in [-0.05, 0) is 49.9 Å². The van der Waals surface area contributed by atoms with E-state index in [0.717, 1.165) is 44.9 Å². The van der Waals surface area contributed by atoms with Gasteiger partial charge in [0.15, 0.2) is 0 Å². The van der Waals surface area contributed by atoms with Crippen LogP contribution in [0.4, 0.5) is 0 Å². The van der Waals surface area contributed by atoms with Gasteiger partial charge in [0.05, 0.1) is 17.3 Å². The maximum absolute atomic E-state index is 6.31. The number of hydrogen-bond donors (Lipinski definition) is 2. The first-order valence-electron chi connectivity index (χ1n) is 11.1. The van der Waals surface area contributed by atoms with E-state index >= 15 is 0 Å². The van der Waals surface area contributed by atoms with Crippen molar-refractivity contribution in [1.29, 1.82) is 0 Å². The molecule has 3 heterocycles. The largest absolute Gasteiger partial charge is 0.456 e. The number of allylic oxidation sites excluding steroid dienone is 3. The van der Waals surface area contributed by atoms with Crippen LogP contribution in [0.15, 0.2) is 84.0 Å². The first-order valence-corrected chi connectivity index (χ1v) is 11.1. The van der Waals surface area contributed by atoms with Gasteiger partial charge in [-0.1, -0.05) is 67.3 Å². The number of dihydropyridines is 1. The lowest BCUT2D eigenvalue weighted by Crippen LogP contribution is -2.24. The maximum atomic E-state index is 6.31. The lowest BCUT2D eigenvalue weighted by molar-refractivity contribution is 0.592. The minimum Gasteiger partial charge on any atom is -0.456 e. The summed E-state index contributed by atoms with van der Waals surface area (Å²) in [5, 5.41) is 5.99. The van der Waals surface area contributed by atoms with Gasteiger partial charge in [0.2, 0.25) is 0 Å². The molecule has 33 heavy (non-hydrogen) atoms. The predicted octanol–water partition coefficient (Wildman–Crippen LogP) is 7.00. The molecule has 0 aliphatic carbocycles. The van der Waals surface area contributed by atoms with E-state index in [4.69, 9.17) is 10.2 Å². The van der Waals surface area contributed by atoms with E-state index in [9.17, 15) is 0 Å². The summed E-state index contributed by atoms with van der Waals surface area (Å²) in [5.41, 5.74) is 12.2. The molecule has 1 unspecified atom stereocenters. The van der Waals surface area contributed by atoms with Crippen molar-refractivity contribution in [2.24, 2.45) is 5.73 Å². The van der Waals surface area contributed by atoms with Crippen LogP contribution >= 0.6 is 0 Å². The summed E-state index contributed by atoms with van der Waals surface area (Å²) in [6, 6.07) is 14.6. The number of nitrogens with one attached hydrogen (secondary N) is 1. The Hall–Kier alpha value is -4.18. The summed E-state index contributed by atoms with van der Waals surface area (Å²) < 4.78 is 8.54. The second kappa shape index (κ2) is 8.40. The summed E-state index contributed by atoms with van der Waals surface area (Å²) >= 11 is 0. The molecule has 5 rings (SSSR count). The molecule has 4 nitrogen and oxygen atoms in total. The quantitative estimate of drug-likeness (QED) is 0.356. The highest BCUT2D eigenvalue weighted by atomic mass is 16.3. The zero-order valence-corrected chi connectivity index (χ0v) is 18.9. The van der Waals surface area contributed by atoms with E-state index in [1.54, 1.807) is 6.20 Å². The van der Waals surface area contributed by atoms with Gasteiger partial charge in [-0.3, -0.25) is 4.57 Å². The Morgan fingerprint density at radius 3 is 2.70 bits per heavy atom.